The summed E-state index contributed by atoms with van der Waals surface area (Å²) in [5, 5.41) is 5.93. The van der Waals surface area contributed by atoms with Crippen LogP contribution in [-0.2, 0) is 0 Å². The van der Waals surface area contributed by atoms with E-state index >= 15 is 0 Å². The Labute approximate surface area is 180 Å². The second kappa shape index (κ2) is 9.48. The van der Waals surface area contributed by atoms with Crippen LogP contribution < -0.4 is 10.6 Å². The van der Waals surface area contributed by atoms with Gasteiger partial charge in [-0.3, -0.25) is 9.69 Å². The molecule has 4 aliphatic heterocycles. The van der Waals surface area contributed by atoms with Gasteiger partial charge in [0, 0.05) is 36.9 Å². The number of hydrogen-bond donors (Lipinski definition) is 2. The van der Waals surface area contributed by atoms with Crippen LogP contribution in [0.3, 0.4) is 0 Å². The minimum absolute atomic E-state index is 0.0283. The first-order valence-corrected chi connectivity index (χ1v) is 11.6. The number of carbonyl (C=O) groups is 2. The molecule has 6 nitrogen and oxygen atoms in total. The number of likely N-dealkylation sites (tertiary alicyclic amines) is 1. The zero-order valence-corrected chi connectivity index (χ0v) is 18.4. The van der Waals surface area contributed by atoms with Crippen molar-refractivity contribution in [1.29, 1.82) is 0 Å². The lowest BCUT2D eigenvalue weighted by molar-refractivity contribution is -0.0142. The zero-order valence-electron chi connectivity index (χ0n) is 18.4. The SMILES string of the molecule is CC(=O)c1ccc(NC(=O)NCC2CC3CCN2CC3CN2CCC(C)CC2)cc1. The van der Waals surface area contributed by atoms with Crippen LogP contribution in [0.15, 0.2) is 24.3 Å². The van der Waals surface area contributed by atoms with Crippen molar-refractivity contribution >= 4 is 17.5 Å². The maximum absolute atomic E-state index is 12.3. The van der Waals surface area contributed by atoms with Crippen molar-refractivity contribution in [3.05, 3.63) is 29.8 Å². The van der Waals surface area contributed by atoms with Crippen LogP contribution in [0.25, 0.3) is 0 Å². The summed E-state index contributed by atoms with van der Waals surface area (Å²) in [4.78, 5) is 29.0. The molecule has 0 spiro atoms. The summed E-state index contributed by atoms with van der Waals surface area (Å²) in [6.45, 7) is 10.7. The molecule has 4 heterocycles. The van der Waals surface area contributed by atoms with Crippen LogP contribution in [0.5, 0.6) is 0 Å². The number of fused-ring (bicyclic) bond motifs is 3. The van der Waals surface area contributed by atoms with Gasteiger partial charge in [0.25, 0.3) is 0 Å². The van der Waals surface area contributed by atoms with Crippen molar-refractivity contribution < 1.29 is 9.59 Å². The number of anilines is 1. The number of Topliss-reactive ketones (excluding diaryl/α,β-unsaturated/α-hetero) is 1. The van der Waals surface area contributed by atoms with Gasteiger partial charge in [-0.15, -0.1) is 0 Å². The van der Waals surface area contributed by atoms with E-state index in [2.05, 4.69) is 27.4 Å². The lowest BCUT2D eigenvalue weighted by atomic mass is 9.75. The van der Waals surface area contributed by atoms with E-state index in [-0.39, 0.29) is 11.8 Å². The molecule has 5 rings (SSSR count). The monoisotopic (exact) mass is 412 g/mol. The third kappa shape index (κ3) is 5.22. The first-order valence-electron chi connectivity index (χ1n) is 11.6. The van der Waals surface area contributed by atoms with E-state index in [9.17, 15) is 9.59 Å². The van der Waals surface area contributed by atoms with E-state index in [4.69, 9.17) is 0 Å². The maximum Gasteiger partial charge on any atom is 0.319 e. The zero-order chi connectivity index (χ0) is 21.1. The number of nitrogens with zero attached hydrogens (tertiary/aromatic N) is 2. The van der Waals surface area contributed by atoms with Crippen LogP contribution in [0, 0.1) is 17.8 Å². The van der Waals surface area contributed by atoms with E-state index in [1.165, 1.54) is 58.4 Å². The molecule has 0 aliphatic carbocycles. The smallest absolute Gasteiger partial charge is 0.319 e. The highest BCUT2D eigenvalue weighted by atomic mass is 16.2. The Kier molecular flexibility index (Phi) is 6.74. The summed E-state index contributed by atoms with van der Waals surface area (Å²) >= 11 is 0. The molecule has 4 saturated heterocycles. The molecule has 2 N–H and O–H groups in total. The molecule has 0 saturated carbocycles. The van der Waals surface area contributed by atoms with Gasteiger partial charge in [-0.05, 0) is 94.3 Å². The van der Waals surface area contributed by atoms with Gasteiger partial charge in [-0.25, -0.2) is 4.79 Å². The fraction of sp³-hybridized carbons (Fsp3) is 0.667. The average Bonchev–Trinajstić information content (AvgIpc) is 2.75. The van der Waals surface area contributed by atoms with Crippen LogP contribution in [0.2, 0.25) is 0 Å². The molecule has 4 unspecified atom stereocenters. The Morgan fingerprint density at radius 3 is 2.43 bits per heavy atom. The number of carbonyl (C=O) groups excluding carboxylic acids is 2. The molecule has 0 radical (unpaired) electrons. The van der Waals surface area contributed by atoms with Gasteiger partial charge >= 0.3 is 6.03 Å². The van der Waals surface area contributed by atoms with Gasteiger partial charge in [0.2, 0.25) is 0 Å². The Hall–Kier alpha value is -1.92. The van der Waals surface area contributed by atoms with Crippen LogP contribution in [0.1, 0.15) is 49.9 Å². The van der Waals surface area contributed by atoms with Gasteiger partial charge in [-0.2, -0.15) is 0 Å². The average molecular weight is 413 g/mol. The number of hydrogen-bond acceptors (Lipinski definition) is 4. The predicted molar refractivity (Wildman–Crippen MR) is 120 cm³/mol. The molecular formula is C24H36N4O2. The standard InChI is InChI=1S/C24H36N4O2/c1-17-7-10-27(11-8-17)15-21-16-28-12-9-20(21)13-23(28)14-25-24(30)26-22-5-3-19(4-6-22)18(2)29/h3-6,17,20-21,23H,7-16H2,1-2H3,(H2,25,26,30). The summed E-state index contributed by atoms with van der Waals surface area (Å²) in [7, 11) is 0. The molecule has 2 bridgehead atoms. The molecule has 30 heavy (non-hydrogen) atoms. The molecule has 4 atom stereocenters. The minimum atomic E-state index is -0.174. The first kappa shape index (κ1) is 21.3. The lowest BCUT2D eigenvalue weighted by Crippen LogP contribution is -2.58. The van der Waals surface area contributed by atoms with Crippen LogP contribution in [-0.4, -0.2) is 66.9 Å². The number of piperidine rings is 4. The highest BCUT2D eigenvalue weighted by Gasteiger charge is 2.40. The van der Waals surface area contributed by atoms with E-state index in [0.717, 1.165) is 17.8 Å². The van der Waals surface area contributed by atoms with Crippen molar-refractivity contribution in [3.8, 4) is 0 Å². The summed E-state index contributed by atoms with van der Waals surface area (Å²) < 4.78 is 0. The summed E-state index contributed by atoms with van der Waals surface area (Å²) in [6.07, 6.45) is 5.20. The molecule has 6 heteroatoms. The molecule has 4 aliphatic rings. The third-order valence-corrected chi connectivity index (χ3v) is 7.43. The number of nitrogens with one attached hydrogen (secondary N) is 2. The highest BCUT2D eigenvalue weighted by molar-refractivity contribution is 5.95. The van der Waals surface area contributed by atoms with Gasteiger partial charge in [-0.1, -0.05) is 6.92 Å². The van der Waals surface area contributed by atoms with Crippen molar-refractivity contribution in [1.82, 2.24) is 15.1 Å². The largest absolute Gasteiger partial charge is 0.336 e. The normalized spacial score (nSPS) is 29.5. The second-order valence-electron chi connectivity index (χ2n) is 9.64. The minimum Gasteiger partial charge on any atom is -0.336 e. The number of amides is 2. The third-order valence-electron chi connectivity index (χ3n) is 7.43. The molecule has 0 aromatic heterocycles. The first-order chi connectivity index (χ1) is 14.5. The fourth-order valence-corrected chi connectivity index (χ4v) is 5.42. The van der Waals surface area contributed by atoms with Gasteiger partial charge in [0.1, 0.15) is 0 Å². The second-order valence-corrected chi connectivity index (χ2v) is 9.64. The van der Waals surface area contributed by atoms with E-state index < -0.39 is 0 Å². The van der Waals surface area contributed by atoms with Crippen molar-refractivity contribution in [2.45, 2.75) is 45.6 Å². The Bertz CT molecular complexity index is 742. The molecule has 1 aromatic carbocycles. The van der Waals surface area contributed by atoms with Crippen molar-refractivity contribution in [2.24, 2.45) is 17.8 Å². The fourth-order valence-electron chi connectivity index (χ4n) is 5.42. The topological polar surface area (TPSA) is 64.7 Å². The number of rotatable bonds is 6. The van der Waals surface area contributed by atoms with E-state index in [1.54, 1.807) is 31.2 Å². The lowest BCUT2D eigenvalue weighted by Gasteiger charge is -2.51. The molecule has 2 amide bonds. The molecular weight excluding hydrogens is 376 g/mol. The van der Waals surface area contributed by atoms with E-state index in [1.807, 2.05) is 0 Å². The number of urea groups is 1. The molecule has 1 aromatic rings. The van der Waals surface area contributed by atoms with Crippen LogP contribution in [0.4, 0.5) is 10.5 Å². The van der Waals surface area contributed by atoms with Crippen molar-refractivity contribution in [2.75, 3.05) is 44.6 Å². The Morgan fingerprint density at radius 1 is 1.07 bits per heavy atom. The summed E-state index contributed by atoms with van der Waals surface area (Å²) in [6, 6.07) is 7.31. The van der Waals surface area contributed by atoms with Crippen LogP contribution >= 0.6 is 0 Å². The van der Waals surface area contributed by atoms with Gasteiger partial charge in [0.15, 0.2) is 5.78 Å². The van der Waals surface area contributed by atoms with Gasteiger partial charge < -0.3 is 15.5 Å². The van der Waals surface area contributed by atoms with E-state index in [0.29, 0.717) is 23.8 Å². The quantitative estimate of drug-likeness (QED) is 0.703. The number of benzene rings is 1. The Balaban J connectivity index is 1.21. The van der Waals surface area contributed by atoms with Gasteiger partial charge in [0.05, 0.1) is 0 Å². The number of ketones is 1. The summed E-state index contributed by atoms with van der Waals surface area (Å²) in [5.41, 5.74) is 1.36. The van der Waals surface area contributed by atoms with Crippen molar-refractivity contribution in [3.63, 3.8) is 0 Å². The molecule has 164 valence electrons. The molecule has 4 fully saturated rings. The highest BCUT2D eigenvalue weighted by Crippen LogP contribution is 2.37. The Morgan fingerprint density at radius 2 is 1.80 bits per heavy atom. The predicted octanol–water partition coefficient (Wildman–Crippen LogP) is 3.45. The summed E-state index contributed by atoms with van der Waals surface area (Å²) in [5.74, 6) is 2.50. The maximum atomic E-state index is 12.3.